The van der Waals surface area contributed by atoms with E-state index in [0.29, 0.717) is 23.1 Å². The number of anilines is 3. The van der Waals surface area contributed by atoms with Crippen LogP contribution < -0.4 is 20.7 Å². The Hall–Kier alpha value is -3.93. The summed E-state index contributed by atoms with van der Waals surface area (Å²) in [6.07, 6.45) is 8.36. The second kappa shape index (κ2) is 14.7. The first-order valence-corrected chi connectivity index (χ1v) is 16.3. The Morgan fingerprint density at radius 1 is 0.977 bits per heavy atom. The molecule has 10 nitrogen and oxygen atoms in total. The second-order valence-electron chi connectivity index (χ2n) is 10.2. The van der Waals surface area contributed by atoms with Gasteiger partial charge in [-0.2, -0.15) is 5.10 Å². The average molecular weight is 655 g/mol. The number of aryl methyl sites for hydroxylation is 1. The molecule has 3 heterocycles. The minimum Gasteiger partial charge on any atom is -0.456 e. The summed E-state index contributed by atoms with van der Waals surface area (Å²) in [4.78, 5) is 32.6. The van der Waals surface area contributed by atoms with E-state index in [0.717, 1.165) is 61.5 Å². The molecule has 0 aliphatic carbocycles. The van der Waals surface area contributed by atoms with Crippen molar-refractivity contribution in [1.82, 2.24) is 19.7 Å². The van der Waals surface area contributed by atoms with Gasteiger partial charge in [-0.25, -0.2) is 19.3 Å². The van der Waals surface area contributed by atoms with Crippen LogP contribution in [0.25, 0.3) is 5.69 Å². The first-order chi connectivity index (χ1) is 21.3. The topological polar surface area (TPSA) is 113 Å². The zero-order valence-electron chi connectivity index (χ0n) is 24.4. The number of nitrogens with one attached hydrogen (secondary N) is 3. The van der Waals surface area contributed by atoms with Crippen LogP contribution in [-0.2, 0) is 6.42 Å². The van der Waals surface area contributed by atoms with Crippen molar-refractivity contribution in [2.45, 2.75) is 43.9 Å². The summed E-state index contributed by atoms with van der Waals surface area (Å²) >= 11 is 14.8. The zero-order chi connectivity index (χ0) is 31.1. The molecule has 5 rings (SSSR count). The van der Waals surface area contributed by atoms with Crippen molar-refractivity contribution in [1.29, 1.82) is 0 Å². The Kier molecular flexibility index (Phi) is 10.5. The van der Waals surface area contributed by atoms with Crippen LogP contribution in [0, 0.1) is 0 Å². The molecule has 4 amide bonds. The Bertz CT molecular complexity index is 1630. The minimum absolute atomic E-state index is 0.112. The molecular formula is C31H33Cl2N7O3S. The average Bonchev–Trinajstić information content (AvgIpc) is 3.71. The molecule has 1 fully saturated rings. The van der Waals surface area contributed by atoms with Crippen molar-refractivity contribution in [3.63, 3.8) is 0 Å². The van der Waals surface area contributed by atoms with Gasteiger partial charge in [-0.3, -0.25) is 10.6 Å². The zero-order valence-corrected chi connectivity index (χ0v) is 26.7. The molecule has 0 radical (unpaired) electrons. The Labute approximate surface area is 270 Å². The highest BCUT2D eigenvalue weighted by atomic mass is 35.5. The molecule has 2 aromatic carbocycles. The van der Waals surface area contributed by atoms with Gasteiger partial charge in [0.2, 0.25) is 0 Å². The van der Waals surface area contributed by atoms with Crippen LogP contribution in [0.2, 0.25) is 10.0 Å². The van der Waals surface area contributed by atoms with Crippen LogP contribution >= 0.6 is 35.0 Å². The third kappa shape index (κ3) is 7.77. The van der Waals surface area contributed by atoms with E-state index >= 15 is 0 Å². The van der Waals surface area contributed by atoms with Crippen molar-refractivity contribution in [3.05, 3.63) is 76.5 Å². The summed E-state index contributed by atoms with van der Waals surface area (Å²) in [5.74, 6) is 1.57. The molecule has 1 saturated heterocycles. The van der Waals surface area contributed by atoms with E-state index in [1.807, 2.05) is 36.6 Å². The van der Waals surface area contributed by atoms with E-state index in [-0.39, 0.29) is 21.8 Å². The largest absolute Gasteiger partial charge is 0.456 e. The van der Waals surface area contributed by atoms with Gasteiger partial charge < -0.3 is 15.0 Å². The molecule has 0 bridgehead atoms. The van der Waals surface area contributed by atoms with E-state index in [1.165, 1.54) is 6.20 Å². The molecule has 4 aromatic rings. The van der Waals surface area contributed by atoms with Gasteiger partial charge >= 0.3 is 12.1 Å². The Balaban J connectivity index is 1.27. The summed E-state index contributed by atoms with van der Waals surface area (Å²) in [7, 11) is 0. The molecule has 44 heavy (non-hydrogen) atoms. The maximum Gasteiger partial charge on any atom is 0.324 e. The number of rotatable bonds is 10. The first-order valence-electron chi connectivity index (χ1n) is 14.3. The molecule has 0 atom stereocenters. The fourth-order valence-electron chi connectivity index (χ4n) is 4.68. The van der Waals surface area contributed by atoms with Gasteiger partial charge in [0, 0.05) is 36.3 Å². The molecule has 3 N–H and O–H groups in total. The fourth-order valence-corrected chi connectivity index (χ4v) is 5.49. The number of aromatic nitrogens is 3. The number of thioether (sulfide) groups is 1. The predicted molar refractivity (Wildman–Crippen MR) is 177 cm³/mol. The van der Waals surface area contributed by atoms with Crippen LogP contribution in [0.5, 0.6) is 11.5 Å². The normalized spacial score (nSPS) is 12.7. The number of urea groups is 2. The van der Waals surface area contributed by atoms with Gasteiger partial charge in [-0.1, -0.05) is 36.5 Å². The summed E-state index contributed by atoms with van der Waals surface area (Å²) in [5.41, 5.74) is 2.02. The highest BCUT2D eigenvalue weighted by Crippen LogP contribution is 2.40. The molecule has 13 heteroatoms. The number of hydrogen-bond donors (Lipinski definition) is 3. The standard InChI is InChI=1S/C31H33Cl2N7O3S/c1-3-4-7-20-18-27(40(38-20)21-8-10-23(44-2)11-9-21)37-30(41)35-24-12-13-25(29(33)28(24)32)43-22-14-15-34-26(19-22)36-31(42)39-16-5-6-17-39/h8-15,18-19H,3-7,16-17H2,1-2H3,(H,34,36,42)(H2,35,37,41). The highest BCUT2D eigenvalue weighted by Gasteiger charge is 2.19. The van der Waals surface area contributed by atoms with E-state index < -0.39 is 6.03 Å². The van der Waals surface area contributed by atoms with Crippen LogP contribution in [-0.4, -0.2) is 51.1 Å². The van der Waals surface area contributed by atoms with E-state index in [4.69, 9.17) is 33.0 Å². The van der Waals surface area contributed by atoms with Gasteiger partial charge in [0.15, 0.2) is 0 Å². The number of benzene rings is 2. The van der Waals surface area contributed by atoms with Gasteiger partial charge in [0.25, 0.3) is 0 Å². The van der Waals surface area contributed by atoms with Gasteiger partial charge in [-0.15, -0.1) is 11.8 Å². The number of nitrogens with zero attached hydrogens (tertiary/aromatic N) is 4. The number of carbonyl (C=O) groups is 2. The number of amides is 4. The molecule has 1 aliphatic rings. The van der Waals surface area contributed by atoms with Gasteiger partial charge in [0.05, 0.1) is 22.1 Å². The monoisotopic (exact) mass is 653 g/mol. The lowest BCUT2D eigenvalue weighted by Crippen LogP contribution is -2.32. The van der Waals surface area contributed by atoms with Crippen LogP contribution in [0.1, 0.15) is 38.3 Å². The SMILES string of the molecule is CCCCc1cc(NC(=O)Nc2ccc(Oc3ccnc(NC(=O)N4CCCC4)c3)c(Cl)c2Cl)n(-c2ccc(SC)cc2)n1. The van der Waals surface area contributed by atoms with E-state index in [9.17, 15) is 9.59 Å². The van der Waals surface area contributed by atoms with Crippen LogP contribution in [0.3, 0.4) is 0 Å². The van der Waals surface area contributed by atoms with Gasteiger partial charge in [0.1, 0.15) is 28.2 Å². The molecule has 230 valence electrons. The quantitative estimate of drug-likeness (QED) is 0.148. The lowest BCUT2D eigenvalue weighted by molar-refractivity contribution is 0.222. The number of hydrogen-bond acceptors (Lipinski definition) is 6. The number of ether oxygens (including phenoxy) is 1. The predicted octanol–water partition coefficient (Wildman–Crippen LogP) is 8.70. The van der Waals surface area contributed by atoms with Crippen molar-refractivity contribution in [2.75, 3.05) is 35.3 Å². The molecule has 1 aliphatic heterocycles. The van der Waals surface area contributed by atoms with Crippen molar-refractivity contribution >= 4 is 64.3 Å². The molecule has 0 spiro atoms. The third-order valence-corrected chi connectivity index (χ3v) is 8.60. The molecule has 2 aromatic heterocycles. The van der Waals surface area contributed by atoms with E-state index in [1.54, 1.807) is 45.6 Å². The number of unbranched alkanes of at least 4 members (excludes halogenated alkanes) is 1. The highest BCUT2D eigenvalue weighted by molar-refractivity contribution is 7.98. The lowest BCUT2D eigenvalue weighted by Gasteiger charge is -2.16. The lowest BCUT2D eigenvalue weighted by atomic mass is 10.2. The number of carbonyl (C=O) groups excluding carboxylic acids is 2. The maximum absolute atomic E-state index is 13.1. The summed E-state index contributed by atoms with van der Waals surface area (Å²) in [6.45, 7) is 3.58. The van der Waals surface area contributed by atoms with Crippen LogP contribution in [0.15, 0.2) is 65.7 Å². The van der Waals surface area contributed by atoms with Crippen molar-refractivity contribution in [3.8, 4) is 17.2 Å². The Morgan fingerprint density at radius 2 is 1.75 bits per heavy atom. The summed E-state index contributed by atoms with van der Waals surface area (Å²) in [6, 6.07) is 15.6. The van der Waals surface area contributed by atoms with Gasteiger partial charge in [-0.05, 0) is 74.4 Å². The number of likely N-dealkylation sites (tertiary alicyclic amines) is 1. The third-order valence-electron chi connectivity index (χ3n) is 6.99. The second-order valence-corrected chi connectivity index (χ2v) is 11.8. The fraction of sp³-hybridized carbons (Fsp3) is 0.290. The smallest absolute Gasteiger partial charge is 0.324 e. The first kappa shape index (κ1) is 31.5. The van der Waals surface area contributed by atoms with Crippen LogP contribution in [0.4, 0.5) is 26.9 Å². The van der Waals surface area contributed by atoms with Crippen molar-refractivity contribution in [2.24, 2.45) is 0 Å². The summed E-state index contributed by atoms with van der Waals surface area (Å²) < 4.78 is 7.67. The Morgan fingerprint density at radius 3 is 2.48 bits per heavy atom. The number of pyridine rings is 1. The molecule has 0 unspecified atom stereocenters. The summed E-state index contributed by atoms with van der Waals surface area (Å²) in [5, 5.41) is 13.4. The van der Waals surface area contributed by atoms with Crippen molar-refractivity contribution < 1.29 is 14.3 Å². The minimum atomic E-state index is -0.506. The number of halogens is 2. The molecular weight excluding hydrogens is 621 g/mol. The molecule has 0 saturated carbocycles. The maximum atomic E-state index is 13.1. The van der Waals surface area contributed by atoms with E-state index in [2.05, 4.69) is 27.9 Å².